The average Bonchev–Trinajstić information content (AvgIpc) is 3.62. The van der Waals surface area contributed by atoms with Crippen LogP contribution in [0.5, 0.6) is 0 Å². The van der Waals surface area contributed by atoms with E-state index in [4.69, 9.17) is 9.47 Å². The first-order valence-electron chi connectivity index (χ1n) is 11.8. The average molecular weight is 516 g/mol. The first kappa shape index (κ1) is 24.5. The van der Waals surface area contributed by atoms with Crippen LogP contribution in [-0.2, 0) is 22.4 Å². The molecule has 0 aliphatic heterocycles. The molecule has 0 saturated carbocycles. The molecule has 3 aromatic heterocycles. The molecular weight excluding hydrogens is 490 g/mol. The van der Waals surface area contributed by atoms with E-state index in [1.165, 1.54) is 7.11 Å². The third-order valence-electron chi connectivity index (χ3n) is 6.02. The van der Waals surface area contributed by atoms with Gasteiger partial charge in [-0.25, -0.2) is 4.79 Å². The third-order valence-corrected chi connectivity index (χ3v) is 7.34. The Morgan fingerprint density at radius 1 is 1.08 bits per heavy atom. The molecule has 0 fully saturated rings. The number of tetrazole rings is 1. The number of methoxy groups -OCH3 is 1. The van der Waals surface area contributed by atoms with Gasteiger partial charge in [-0.2, -0.15) is 5.21 Å². The maximum absolute atomic E-state index is 13.1. The number of ether oxygens (including phenoxy) is 2. The predicted octanol–water partition coefficient (Wildman–Crippen LogP) is 4.32. The highest BCUT2D eigenvalue weighted by Crippen LogP contribution is 2.30. The fraction of sp³-hybridized carbons (Fsp3) is 0.222. The first-order chi connectivity index (χ1) is 18.1. The molecule has 5 rings (SSSR count). The Hall–Kier alpha value is -4.15. The van der Waals surface area contributed by atoms with Crippen molar-refractivity contribution < 1.29 is 14.3 Å². The highest BCUT2D eigenvalue weighted by atomic mass is 32.1. The second kappa shape index (κ2) is 10.9. The molecule has 37 heavy (non-hydrogen) atoms. The standard InChI is InChI=1S/C27H25N5O4S/c1-3-19-14-22-24(33)23(27(34)36-13-12-35-2)16-32(26(22)37-19)15-17-8-10-18(11-9-17)20-6-4-5-7-21(20)25-28-30-31-29-25/h4-11,14,16H,3,12-13,15H2,1-2H3,(H,28,29,30,31). The van der Waals surface area contributed by atoms with E-state index in [0.717, 1.165) is 38.4 Å². The molecule has 0 saturated heterocycles. The molecule has 1 N–H and O–H groups in total. The number of thiophene rings is 1. The van der Waals surface area contributed by atoms with E-state index in [2.05, 4.69) is 20.6 Å². The van der Waals surface area contributed by atoms with Gasteiger partial charge in [0.25, 0.3) is 0 Å². The fourth-order valence-electron chi connectivity index (χ4n) is 4.15. The van der Waals surface area contributed by atoms with Crippen LogP contribution in [0.4, 0.5) is 0 Å². The number of esters is 1. The maximum atomic E-state index is 13.1. The molecule has 0 aliphatic carbocycles. The van der Waals surface area contributed by atoms with Gasteiger partial charge in [0.15, 0.2) is 0 Å². The summed E-state index contributed by atoms with van der Waals surface area (Å²) in [6, 6.07) is 17.9. The van der Waals surface area contributed by atoms with Crippen molar-refractivity contribution in [3.05, 3.63) is 87.0 Å². The molecule has 5 aromatic rings. The van der Waals surface area contributed by atoms with E-state index in [-0.39, 0.29) is 24.2 Å². The van der Waals surface area contributed by atoms with Gasteiger partial charge in [-0.15, -0.1) is 21.5 Å². The minimum Gasteiger partial charge on any atom is -0.460 e. The number of rotatable bonds is 9. The van der Waals surface area contributed by atoms with Crippen molar-refractivity contribution in [3.8, 4) is 22.5 Å². The molecule has 0 aliphatic rings. The number of nitrogens with one attached hydrogen (secondary N) is 1. The van der Waals surface area contributed by atoms with Crippen LogP contribution in [0.1, 0.15) is 27.7 Å². The Kier molecular flexibility index (Phi) is 7.20. The molecule has 3 heterocycles. The van der Waals surface area contributed by atoms with Crippen LogP contribution in [-0.4, -0.2) is 51.5 Å². The number of aromatic nitrogens is 5. The number of aryl methyl sites for hydroxylation is 1. The summed E-state index contributed by atoms with van der Waals surface area (Å²) in [6.45, 7) is 2.89. The summed E-state index contributed by atoms with van der Waals surface area (Å²) in [5, 5.41) is 14.9. The van der Waals surface area contributed by atoms with Crippen molar-refractivity contribution in [2.45, 2.75) is 19.9 Å². The lowest BCUT2D eigenvalue weighted by Crippen LogP contribution is -2.21. The summed E-state index contributed by atoms with van der Waals surface area (Å²) in [7, 11) is 1.53. The van der Waals surface area contributed by atoms with Gasteiger partial charge >= 0.3 is 5.97 Å². The summed E-state index contributed by atoms with van der Waals surface area (Å²) in [5.41, 5.74) is 3.63. The molecular formula is C27H25N5O4S. The van der Waals surface area contributed by atoms with Crippen LogP contribution in [0.3, 0.4) is 0 Å². The molecule has 0 radical (unpaired) electrons. The quantitative estimate of drug-likeness (QED) is 0.230. The summed E-state index contributed by atoms with van der Waals surface area (Å²) >= 11 is 1.57. The van der Waals surface area contributed by atoms with E-state index in [0.29, 0.717) is 17.8 Å². The summed E-state index contributed by atoms with van der Waals surface area (Å²) in [6.07, 6.45) is 2.41. The van der Waals surface area contributed by atoms with Crippen LogP contribution in [0.2, 0.25) is 0 Å². The molecule has 10 heteroatoms. The van der Waals surface area contributed by atoms with E-state index in [1.807, 2.05) is 66.1 Å². The third kappa shape index (κ3) is 5.07. The number of hydrogen-bond acceptors (Lipinski definition) is 8. The second-order valence-corrected chi connectivity index (χ2v) is 9.51. The van der Waals surface area contributed by atoms with Crippen molar-refractivity contribution >= 4 is 27.5 Å². The van der Waals surface area contributed by atoms with Gasteiger partial charge in [0.2, 0.25) is 11.3 Å². The Bertz CT molecular complexity index is 1590. The van der Waals surface area contributed by atoms with Crippen LogP contribution < -0.4 is 5.43 Å². The number of hydrogen-bond donors (Lipinski definition) is 1. The predicted molar refractivity (Wildman–Crippen MR) is 142 cm³/mol. The lowest BCUT2D eigenvalue weighted by molar-refractivity contribution is 0.0386. The zero-order chi connectivity index (χ0) is 25.8. The summed E-state index contributed by atoms with van der Waals surface area (Å²) < 4.78 is 12.2. The minimum absolute atomic E-state index is 0.0229. The fourth-order valence-corrected chi connectivity index (χ4v) is 5.22. The molecule has 0 unspecified atom stereocenters. The van der Waals surface area contributed by atoms with Gasteiger partial charge < -0.3 is 14.0 Å². The SMILES string of the molecule is CCc1cc2c(=O)c(C(=O)OCCOC)cn(Cc3ccc(-c4ccccc4-c4nn[nH]n4)cc3)c2s1. The topological polar surface area (TPSA) is 112 Å². The number of carbonyl (C=O) groups is 1. The monoisotopic (exact) mass is 515 g/mol. The summed E-state index contributed by atoms with van der Waals surface area (Å²) in [5.74, 6) is -0.111. The van der Waals surface area contributed by atoms with Crippen LogP contribution in [0, 0.1) is 0 Å². The highest BCUT2D eigenvalue weighted by molar-refractivity contribution is 7.18. The molecule has 0 spiro atoms. The molecule has 2 aromatic carbocycles. The Balaban J connectivity index is 1.48. The molecule has 0 amide bonds. The van der Waals surface area contributed by atoms with E-state index in [9.17, 15) is 9.59 Å². The van der Waals surface area contributed by atoms with Crippen LogP contribution >= 0.6 is 11.3 Å². The number of fused-ring (bicyclic) bond motifs is 1. The van der Waals surface area contributed by atoms with Crippen molar-refractivity contribution in [2.24, 2.45) is 0 Å². The zero-order valence-corrected chi connectivity index (χ0v) is 21.2. The number of carbonyl (C=O) groups excluding carboxylic acids is 1. The number of aromatic amines is 1. The van der Waals surface area contributed by atoms with Crippen molar-refractivity contribution in [2.75, 3.05) is 20.3 Å². The largest absolute Gasteiger partial charge is 0.460 e. The number of pyridine rings is 1. The lowest BCUT2D eigenvalue weighted by atomic mass is 9.98. The number of benzene rings is 2. The van der Waals surface area contributed by atoms with Gasteiger partial charge in [0, 0.05) is 30.3 Å². The van der Waals surface area contributed by atoms with E-state index in [1.54, 1.807) is 17.5 Å². The first-order valence-corrected chi connectivity index (χ1v) is 12.6. The Morgan fingerprint density at radius 2 is 1.86 bits per heavy atom. The smallest absolute Gasteiger partial charge is 0.343 e. The van der Waals surface area contributed by atoms with Crippen molar-refractivity contribution in [3.63, 3.8) is 0 Å². The minimum atomic E-state index is -0.643. The lowest BCUT2D eigenvalue weighted by Gasteiger charge is -2.12. The van der Waals surface area contributed by atoms with Gasteiger partial charge in [-0.05, 0) is 34.4 Å². The normalized spacial score (nSPS) is 11.2. The Labute approximate surface area is 216 Å². The summed E-state index contributed by atoms with van der Waals surface area (Å²) in [4.78, 5) is 27.7. The molecule has 0 atom stereocenters. The van der Waals surface area contributed by atoms with Gasteiger partial charge in [0.05, 0.1) is 12.0 Å². The molecule has 9 nitrogen and oxygen atoms in total. The molecule has 188 valence electrons. The second-order valence-electron chi connectivity index (χ2n) is 8.39. The maximum Gasteiger partial charge on any atom is 0.343 e. The van der Waals surface area contributed by atoms with Crippen LogP contribution in [0.15, 0.2) is 65.6 Å². The highest BCUT2D eigenvalue weighted by Gasteiger charge is 2.19. The van der Waals surface area contributed by atoms with E-state index < -0.39 is 5.97 Å². The van der Waals surface area contributed by atoms with E-state index >= 15 is 0 Å². The van der Waals surface area contributed by atoms with Gasteiger partial charge in [-0.3, -0.25) is 4.79 Å². The zero-order valence-electron chi connectivity index (χ0n) is 20.4. The van der Waals surface area contributed by atoms with Crippen molar-refractivity contribution in [1.29, 1.82) is 0 Å². The van der Waals surface area contributed by atoms with Crippen molar-refractivity contribution in [1.82, 2.24) is 25.2 Å². The Morgan fingerprint density at radius 3 is 2.57 bits per heavy atom. The van der Waals surface area contributed by atoms with Crippen LogP contribution in [0.25, 0.3) is 32.7 Å². The van der Waals surface area contributed by atoms with Gasteiger partial charge in [0.1, 0.15) is 17.0 Å². The number of nitrogens with zero attached hydrogens (tertiary/aromatic N) is 4. The number of H-pyrrole nitrogens is 1. The van der Waals surface area contributed by atoms with Gasteiger partial charge in [-0.1, -0.05) is 55.5 Å². The molecule has 0 bridgehead atoms.